The van der Waals surface area contributed by atoms with Crippen molar-refractivity contribution in [2.45, 2.75) is 32.0 Å². The van der Waals surface area contributed by atoms with Gasteiger partial charge in [-0.05, 0) is 44.0 Å². The zero-order valence-electron chi connectivity index (χ0n) is 16.3. The van der Waals surface area contributed by atoms with Crippen LogP contribution in [0.15, 0.2) is 48.5 Å². The first kappa shape index (κ1) is 19.3. The normalized spacial score (nSPS) is 20.7. The molecule has 0 spiro atoms. The van der Waals surface area contributed by atoms with Gasteiger partial charge in [0, 0.05) is 18.4 Å². The molecule has 2 aliphatic heterocycles. The van der Waals surface area contributed by atoms with E-state index in [0.717, 1.165) is 18.6 Å². The number of ether oxygens (including phenoxy) is 3. The fourth-order valence-corrected chi connectivity index (χ4v) is 3.50. The van der Waals surface area contributed by atoms with E-state index in [2.05, 4.69) is 5.32 Å². The number of carbonyl (C=O) groups excluding carboxylic acids is 2. The lowest BCUT2D eigenvalue weighted by atomic mass is 10.1. The summed E-state index contributed by atoms with van der Waals surface area (Å²) >= 11 is 0. The summed E-state index contributed by atoms with van der Waals surface area (Å²) in [5, 5.41) is 2.87. The molecule has 1 N–H and O–H groups in total. The minimum Gasteiger partial charge on any atom is -0.492 e. The molecule has 7 heteroatoms. The van der Waals surface area contributed by atoms with Gasteiger partial charge in [0.1, 0.15) is 24.2 Å². The second-order valence-corrected chi connectivity index (χ2v) is 7.08. The fourth-order valence-electron chi connectivity index (χ4n) is 3.50. The monoisotopic (exact) mass is 396 g/mol. The van der Waals surface area contributed by atoms with E-state index < -0.39 is 12.2 Å². The average Bonchev–Trinajstić information content (AvgIpc) is 3.27. The van der Waals surface area contributed by atoms with Crippen LogP contribution in [0, 0.1) is 0 Å². The van der Waals surface area contributed by atoms with Gasteiger partial charge < -0.3 is 24.4 Å². The lowest BCUT2D eigenvalue weighted by Gasteiger charge is -2.33. The lowest BCUT2D eigenvalue weighted by Crippen LogP contribution is -2.46. The summed E-state index contributed by atoms with van der Waals surface area (Å²) in [5.41, 5.74) is 1.28. The second-order valence-electron chi connectivity index (χ2n) is 7.08. The smallest absolute Gasteiger partial charge is 0.267 e. The summed E-state index contributed by atoms with van der Waals surface area (Å²) in [6.07, 6.45) is 0.612. The number of fused-ring (bicyclic) bond motifs is 1. The molecule has 2 aromatic carbocycles. The molecule has 0 bridgehead atoms. The Morgan fingerprint density at radius 2 is 2.07 bits per heavy atom. The van der Waals surface area contributed by atoms with Crippen molar-refractivity contribution in [3.8, 4) is 11.5 Å². The number of nitrogens with one attached hydrogen (secondary N) is 1. The summed E-state index contributed by atoms with van der Waals surface area (Å²) in [6.45, 7) is 3.09. The Kier molecular flexibility index (Phi) is 5.67. The molecule has 29 heavy (non-hydrogen) atoms. The van der Waals surface area contributed by atoms with Gasteiger partial charge in [-0.2, -0.15) is 0 Å². The topological polar surface area (TPSA) is 77.1 Å². The summed E-state index contributed by atoms with van der Waals surface area (Å²) in [4.78, 5) is 26.6. The van der Waals surface area contributed by atoms with Crippen molar-refractivity contribution in [1.82, 2.24) is 0 Å². The zero-order valence-corrected chi connectivity index (χ0v) is 16.3. The lowest BCUT2D eigenvalue weighted by molar-refractivity contribution is -0.126. The first-order valence-corrected chi connectivity index (χ1v) is 9.84. The van der Waals surface area contributed by atoms with Crippen LogP contribution in [0.2, 0.25) is 0 Å². The fraction of sp³-hybridized carbons (Fsp3) is 0.364. The highest BCUT2D eigenvalue weighted by Gasteiger charge is 2.32. The third kappa shape index (κ3) is 4.35. The Morgan fingerprint density at radius 1 is 1.24 bits per heavy atom. The van der Waals surface area contributed by atoms with Crippen LogP contribution in [0.1, 0.15) is 19.8 Å². The Bertz CT molecular complexity index is 880. The highest BCUT2D eigenvalue weighted by atomic mass is 16.5. The number of anilines is 2. The van der Waals surface area contributed by atoms with Crippen LogP contribution in [0.25, 0.3) is 0 Å². The standard InChI is InChI=1S/C22H24N2O5/c1-15-22(26)24(11-13-27-17-6-3-2-4-7-17)18-10-9-16(14-20(18)29-15)23-21(25)19-8-5-12-28-19/h2-4,6-7,9-10,14-15,19H,5,8,11-13H2,1H3,(H,23,25). The van der Waals surface area contributed by atoms with Crippen LogP contribution in [-0.2, 0) is 14.3 Å². The number of rotatable bonds is 6. The maximum atomic E-state index is 12.6. The van der Waals surface area contributed by atoms with Crippen LogP contribution in [0.5, 0.6) is 11.5 Å². The molecule has 0 saturated carbocycles. The number of nitrogens with zero attached hydrogens (tertiary/aromatic N) is 1. The molecule has 1 saturated heterocycles. The van der Waals surface area contributed by atoms with Gasteiger partial charge in [-0.15, -0.1) is 0 Å². The van der Waals surface area contributed by atoms with Gasteiger partial charge in [0.2, 0.25) is 0 Å². The Balaban J connectivity index is 1.45. The van der Waals surface area contributed by atoms with Crippen LogP contribution >= 0.6 is 0 Å². The molecule has 152 valence electrons. The van der Waals surface area contributed by atoms with E-state index in [1.807, 2.05) is 30.3 Å². The molecule has 2 amide bonds. The maximum Gasteiger partial charge on any atom is 0.267 e. The molecule has 2 aromatic rings. The summed E-state index contributed by atoms with van der Waals surface area (Å²) in [5.74, 6) is 1.04. The van der Waals surface area contributed by atoms with Crippen molar-refractivity contribution in [2.75, 3.05) is 30.0 Å². The van der Waals surface area contributed by atoms with Crippen LogP contribution in [0.4, 0.5) is 11.4 Å². The summed E-state index contributed by atoms with van der Waals surface area (Å²) < 4.78 is 16.9. The van der Waals surface area contributed by atoms with E-state index in [0.29, 0.717) is 36.9 Å². The zero-order chi connectivity index (χ0) is 20.2. The third-order valence-electron chi connectivity index (χ3n) is 4.98. The summed E-state index contributed by atoms with van der Waals surface area (Å²) in [7, 11) is 0. The molecule has 2 atom stereocenters. The SMILES string of the molecule is CC1Oc2cc(NC(=O)C3CCCO3)ccc2N(CCOc2ccccc2)C1=O. The van der Waals surface area contributed by atoms with Crippen molar-refractivity contribution in [3.05, 3.63) is 48.5 Å². The number of benzene rings is 2. The van der Waals surface area contributed by atoms with Gasteiger partial charge in [0.15, 0.2) is 6.10 Å². The van der Waals surface area contributed by atoms with Gasteiger partial charge in [0.25, 0.3) is 11.8 Å². The van der Waals surface area contributed by atoms with E-state index in [1.54, 1.807) is 30.0 Å². The first-order valence-electron chi connectivity index (χ1n) is 9.84. The van der Waals surface area contributed by atoms with Gasteiger partial charge in [-0.3, -0.25) is 9.59 Å². The van der Waals surface area contributed by atoms with Crippen LogP contribution in [0.3, 0.4) is 0 Å². The molecular formula is C22H24N2O5. The van der Waals surface area contributed by atoms with E-state index in [4.69, 9.17) is 14.2 Å². The molecule has 0 aliphatic carbocycles. The van der Waals surface area contributed by atoms with Gasteiger partial charge >= 0.3 is 0 Å². The molecule has 0 aromatic heterocycles. The minimum atomic E-state index is -0.608. The second kappa shape index (κ2) is 8.53. The quantitative estimate of drug-likeness (QED) is 0.812. The Hall–Kier alpha value is -3.06. The average molecular weight is 396 g/mol. The van der Waals surface area contributed by atoms with Gasteiger partial charge in [-0.25, -0.2) is 0 Å². The molecule has 0 radical (unpaired) electrons. The molecule has 2 aliphatic rings. The van der Waals surface area contributed by atoms with Gasteiger partial charge in [0.05, 0.1) is 12.2 Å². The number of hydrogen-bond acceptors (Lipinski definition) is 5. The molecule has 1 fully saturated rings. The van der Waals surface area contributed by atoms with Crippen molar-refractivity contribution < 1.29 is 23.8 Å². The van der Waals surface area contributed by atoms with Crippen molar-refractivity contribution in [2.24, 2.45) is 0 Å². The predicted octanol–water partition coefficient (Wildman–Crippen LogP) is 3.00. The Labute approximate surface area is 169 Å². The first-order chi connectivity index (χ1) is 14.1. The molecule has 2 unspecified atom stereocenters. The molecule has 4 rings (SSSR count). The van der Waals surface area contributed by atoms with Crippen molar-refractivity contribution in [1.29, 1.82) is 0 Å². The van der Waals surface area contributed by atoms with Gasteiger partial charge in [-0.1, -0.05) is 18.2 Å². The molecule has 2 heterocycles. The number of amides is 2. The number of carbonyl (C=O) groups is 2. The minimum absolute atomic E-state index is 0.120. The van der Waals surface area contributed by atoms with Crippen LogP contribution in [-0.4, -0.2) is 43.8 Å². The predicted molar refractivity (Wildman–Crippen MR) is 108 cm³/mol. The van der Waals surface area contributed by atoms with E-state index >= 15 is 0 Å². The number of para-hydroxylation sites is 1. The van der Waals surface area contributed by atoms with Crippen LogP contribution < -0.4 is 19.7 Å². The Morgan fingerprint density at radius 3 is 2.83 bits per heavy atom. The van der Waals surface area contributed by atoms with E-state index in [1.165, 1.54) is 0 Å². The third-order valence-corrected chi connectivity index (χ3v) is 4.98. The molecular weight excluding hydrogens is 372 g/mol. The maximum absolute atomic E-state index is 12.6. The van der Waals surface area contributed by atoms with Crippen molar-refractivity contribution in [3.63, 3.8) is 0 Å². The largest absolute Gasteiger partial charge is 0.492 e. The van der Waals surface area contributed by atoms with Crippen molar-refractivity contribution >= 4 is 23.2 Å². The van der Waals surface area contributed by atoms with E-state index in [9.17, 15) is 9.59 Å². The van der Waals surface area contributed by atoms with E-state index in [-0.39, 0.29) is 11.8 Å². The number of hydrogen-bond donors (Lipinski definition) is 1. The summed E-state index contributed by atoms with van der Waals surface area (Å²) in [6, 6.07) is 14.8. The highest BCUT2D eigenvalue weighted by Crippen LogP contribution is 2.36. The molecule has 7 nitrogen and oxygen atoms in total. The highest BCUT2D eigenvalue weighted by molar-refractivity contribution is 6.01.